The predicted octanol–water partition coefficient (Wildman–Crippen LogP) is 1.96. The molecule has 0 unspecified atom stereocenters. The number of quaternary nitrogens is 1. The van der Waals surface area contributed by atoms with E-state index in [1.807, 2.05) is 38.1 Å². The van der Waals surface area contributed by atoms with Crippen LogP contribution in [0.5, 0.6) is 5.75 Å². The second-order valence-electron chi connectivity index (χ2n) is 6.76. The van der Waals surface area contributed by atoms with Crippen LogP contribution in [-0.4, -0.2) is 44.7 Å². The molecule has 3 rings (SSSR count). The smallest absolute Gasteiger partial charge is 0.282 e. The van der Waals surface area contributed by atoms with Crippen LogP contribution in [-0.2, 0) is 4.79 Å². The summed E-state index contributed by atoms with van der Waals surface area (Å²) in [4.78, 5) is 16.2. The van der Waals surface area contributed by atoms with Gasteiger partial charge >= 0.3 is 0 Å². The SMILES string of the molecule is CCOc1ccccc1NC(=O)[C@@H](C)[NH+]1CCN(c2ccc(F)cc2)CC1. The molecule has 1 atom stereocenters. The zero-order valence-corrected chi connectivity index (χ0v) is 15.9. The zero-order valence-electron chi connectivity index (χ0n) is 15.9. The zero-order chi connectivity index (χ0) is 19.2. The minimum atomic E-state index is -0.222. The highest BCUT2D eigenvalue weighted by molar-refractivity contribution is 5.94. The maximum Gasteiger partial charge on any atom is 0.282 e. The number of carbonyl (C=O) groups excluding carboxylic acids is 1. The first kappa shape index (κ1) is 19.2. The minimum absolute atomic E-state index is 0.00705. The number of nitrogens with zero attached hydrogens (tertiary/aromatic N) is 1. The molecule has 27 heavy (non-hydrogen) atoms. The Labute approximate surface area is 159 Å². The molecule has 6 heteroatoms. The van der Waals surface area contributed by atoms with Crippen molar-refractivity contribution >= 4 is 17.3 Å². The maximum absolute atomic E-state index is 13.1. The van der Waals surface area contributed by atoms with Gasteiger partial charge in [0.1, 0.15) is 11.6 Å². The van der Waals surface area contributed by atoms with Crippen LogP contribution >= 0.6 is 0 Å². The van der Waals surface area contributed by atoms with Crippen LogP contribution in [0.4, 0.5) is 15.8 Å². The van der Waals surface area contributed by atoms with Crippen LogP contribution in [0.2, 0.25) is 0 Å². The van der Waals surface area contributed by atoms with Gasteiger partial charge in [-0.2, -0.15) is 0 Å². The quantitative estimate of drug-likeness (QED) is 0.815. The van der Waals surface area contributed by atoms with Crippen LogP contribution in [0.25, 0.3) is 0 Å². The molecule has 0 aromatic heterocycles. The van der Waals surface area contributed by atoms with Crippen molar-refractivity contribution in [2.45, 2.75) is 19.9 Å². The molecule has 0 radical (unpaired) electrons. The Morgan fingerprint density at radius 1 is 1.19 bits per heavy atom. The van der Waals surface area contributed by atoms with Crippen molar-refractivity contribution in [2.75, 3.05) is 43.0 Å². The first-order valence-corrected chi connectivity index (χ1v) is 9.46. The van der Waals surface area contributed by atoms with Crippen molar-refractivity contribution in [3.05, 3.63) is 54.3 Å². The number of amides is 1. The summed E-state index contributed by atoms with van der Waals surface area (Å²) in [6, 6.07) is 13.9. The third-order valence-electron chi connectivity index (χ3n) is 5.05. The van der Waals surface area contributed by atoms with E-state index in [-0.39, 0.29) is 17.8 Å². The highest BCUT2D eigenvalue weighted by Crippen LogP contribution is 2.23. The molecule has 2 N–H and O–H groups in total. The van der Waals surface area contributed by atoms with Crippen molar-refractivity contribution in [3.63, 3.8) is 0 Å². The molecular weight excluding hydrogens is 345 g/mol. The van der Waals surface area contributed by atoms with Crippen LogP contribution in [0, 0.1) is 5.82 Å². The lowest BCUT2D eigenvalue weighted by atomic mass is 10.2. The molecule has 0 bridgehead atoms. The number of hydrogen-bond acceptors (Lipinski definition) is 3. The standard InChI is InChI=1S/C21H26FN3O2/c1-3-27-20-7-5-4-6-19(20)23-21(26)16(2)24-12-14-25(15-13-24)18-10-8-17(22)9-11-18/h4-11,16H,3,12-15H2,1-2H3,(H,23,26)/p+1/t16-/m1/s1. The second-order valence-corrected chi connectivity index (χ2v) is 6.76. The summed E-state index contributed by atoms with van der Waals surface area (Å²) in [6.45, 7) is 7.84. The van der Waals surface area contributed by atoms with Gasteiger partial charge in [0, 0.05) is 5.69 Å². The Hall–Kier alpha value is -2.60. The van der Waals surface area contributed by atoms with Gasteiger partial charge in [-0.3, -0.25) is 4.79 Å². The van der Waals surface area contributed by atoms with Gasteiger partial charge in [-0.1, -0.05) is 12.1 Å². The largest absolute Gasteiger partial charge is 0.492 e. The number of carbonyl (C=O) groups is 1. The van der Waals surface area contributed by atoms with Crippen LogP contribution < -0.4 is 19.9 Å². The normalized spacial score (nSPS) is 16.0. The van der Waals surface area contributed by atoms with Crippen LogP contribution in [0.15, 0.2) is 48.5 Å². The number of piperazine rings is 1. The van der Waals surface area contributed by atoms with E-state index in [0.717, 1.165) is 31.9 Å². The number of halogens is 1. The topological polar surface area (TPSA) is 46.0 Å². The average Bonchev–Trinajstić information content (AvgIpc) is 2.70. The molecule has 5 nitrogen and oxygen atoms in total. The molecule has 1 fully saturated rings. The maximum atomic E-state index is 13.1. The first-order chi connectivity index (χ1) is 13.1. The van der Waals surface area contributed by atoms with Crippen LogP contribution in [0.1, 0.15) is 13.8 Å². The number of anilines is 2. The monoisotopic (exact) mass is 372 g/mol. The van der Waals surface area contributed by atoms with Crippen molar-refractivity contribution in [1.82, 2.24) is 0 Å². The van der Waals surface area contributed by atoms with Gasteiger partial charge in [-0.15, -0.1) is 0 Å². The number of para-hydroxylation sites is 2. The minimum Gasteiger partial charge on any atom is -0.492 e. The number of benzene rings is 2. The van der Waals surface area contributed by atoms with E-state index < -0.39 is 0 Å². The van der Waals surface area contributed by atoms with Gasteiger partial charge in [-0.05, 0) is 50.2 Å². The summed E-state index contributed by atoms with van der Waals surface area (Å²) in [7, 11) is 0. The molecule has 2 aromatic rings. The fourth-order valence-corrected chi connectivity index (χ4v) is 3.41. The second kappa shape index (κ2) is 8.86. The molecule has 144 valence electrons. The van der Waals surface area contributed by atoms with E-state index in [9.17, 15) is 9.18 Å². The van der Waals surface area contributed by atoms with Gasteiger partial charge in [0.15, 0.2) is 6.04 Å². The molecule has 1 saturated heterocycles. The van der Waals surface area contributed by atoms with E-state index in [1.165, 1.54) is 17.0 Å². The summed E-state index contributed by atoms with van der Waals surface area (Å²) in [5, 5.41) is 3.00. The van der Waals surface area contributed by atoms with E-state index >= 15 is 0 Å². The average molecular weight is 372 g/mol. The Kier molecular flexibility index (Phi) is 6.29. The van der Waals surface area contributed by atoms with Gasteiger partial charge in [-0.25, -0.2) is 4.39 Å². The number of ether oxygens (including phenoxy) is 1. The Morgan fingerprint density at radius 2 is 1.85 bits per heavy atom. The van der Waals surface area contributed by atoms with E-state index in [1.54, 1.807) is 12.1 Å². The Balaban J connectivity index is 1.56. The van der Waals surface area contributed by atoms with E-state index in [2.05, 4.69) is 10.2 Å². The van der Waals surface area contributed by atoms with E-state index in [0.29, 0.717) is 18.0 Å². The molecule has 0 aliphatic carbocycles. The molecule has 1 amide bonds. The predicted molar refractivity (Wildman–Crippen MR) is 105 cm³/mol. The highest BCUT2D eigenvalue weighted by Gasteiger charge is 2.29. The molecule has 1 aliphatic rings. The highest BCUT2D eigenvalue weighted by atomic mass is 19.1. The first-order valence-electron chi connectivity index (χ1n) is 9.46. The fraction of sp³-hybridized carbons (Fsp3) is 0.381. The Bertz CT molecular complexity index is 758. The van der Waals surface area contributed by atoms with Crippen molar-refractivity contribution < 1.29 is 18.8 Å². The van der Waals surface area contributed by atoms with Crippen molar-refractivity contribution in [3.8, 4) is 5.75 Å². The lowest BCUT2D eigenvalue weighted by Gasteiger charge is -2.36. The summed E-state index contributed by atoms with van der Waals surface area (Å²) in [5.74, 6) is 0.463. The van der Waals surface area contributed by atoms with E-state index in [4.69, 9.17) is 4.74 Å². The lowest BCUT2D eigenvalue weighted by Crippen LogP contribution is -3.19. The summed E-state index contributed by atoms with van der Waals surface area (Å²) in [5.41, 5.74) is 1.73. The van der Waals surface area contributed by atoms with Gasteiger partial charge in [0.2, 0.25) is 0 Å². The third-order valence-corrected chi connectivity index (χ3v) is 5.05. The number of hydrogen-bond donors (Lipinski definition) is 2. The molecule has 2 aromatic carbocycles. The lowest BCUT2D eigenvalue weighted by molar-refractivity contribution is -0.914. The fourth-order valence-electron chi connectivity index (χ4n) is 3.41. The molecular formula is C21H27FN3O2+. The summed E-state index contributed by atoms with van der Waals surface area (Å²) in [6.07, 6.45) is 0. The molecule has 1 heterocycles. The molecule has 0 spiro atoms. The number of nitrogens with one attached hydrogen (secondary N) is 2. The van der Waals surface area contributed by atoms with Crippen molar-refractivity contribution in [1.29, 1.82) is 0 Å². The molecule has 1 aliphatic heterocycles. The summed E-state index contributed by atoms with van der Waals surface area (Å²) < 4.78 is 18.7. The Morgan fingerprint density at radius 3 is 2.52 bits per heavy atom. The van der Waals surface area contributed by atoms with Crippen LogP contribution in [0.3, 0.4) is 0 Å². The number of rotatable bonds is 6. The van der Waals surface area contributed by atoms with Gasteiger partial charge in [0.25, 0.3) is 5.91 Å². The summed E-state index contributed by atoms with van der Waals surface area (Å²) >= 11 is 0. The van der Waals surface area contributed by atoms with Gasteiger partial charge in [0.05, 0.1) is 38.5 Å². The third kappa shape index (κ3) is 4.77. The molecule has 0 saturated carbocycles. The van der Waals surface area contributed by atoms with Crippen molar-refractivity contribution in [2.24, 2.45) is 0 Å². The van der Waals surface area contributed by atoms with Gasteiger partial charge < -0.3 is 19.9 Å².